The predicted molar refractivity (Wildman–Crippen MR) is 132 cm³/mol. The van der Waals surface area contributed by atoms with E-state index in [1.165, 1.54) is 30.3 Å². The second-order valence-electron chi connectivity index (χ2n) is 9.61. The summed E-state index contributed by atoms with van der Waals surface area (Å²) in [5, 5.41) is 0. The van der Waals surface area contributed by atoms with Gasteiger partial charge in [-0.1, -0.05) is 30.3 Å². The summed E-state index contributed by atoms with van der Waals surface area (Å²) in [5.74, 6) is -0.781. The van der Waals surface area contributed by atoms with Crippen LogP contribution >= 0.6 is 0 Å². The van der Waals surface area contributed by atoms with Gasteiger partial charge in [0.1, 0.15) is 16.5 Å². The number of nitrogens with two attached hydrogens (primary N) is 1. The molecule has 1 aliphatic carbocycles. The Morgan fingerprint density at radius 1 is 1.03 bits per heavy atom. The lowest BCUT2D eigenvalue weighted by Gasteiger charge is -2.39. The quantitative estimate of drug-likeness (QED) is 0.437. The Labute approximate surface area is 205 Å². The van der Waals surface area contributed by atoms with Crippen molar-refractivity contribution in [3.63, 3.8) is 0 Å². The van der Waals surface area contributed by atoms with Crippen molar-refractivity contribution < 1.29 is 17.2 Å². The van der Waals surface area contributed by atoms with Crippen molar-refractivity contribution >= 4 is 10.0 Å². The summed E-state index contributed by atoms with van der Waals surface area (Å²) < 4.78 is 55.1. The maximum atomic E-state index is 13.9. The summed E-state index contributed by atoms with van der Waals surface area (Å²) in [7, 11) is -3.91. The van der Waals surface area contributed by atoms with Crippen LogP contribution in [0.2, 0.25) is 0 Å². The molecule has 0 aliphatic heterocycles. The molecule has 1 heterocycles. The van der Waals surface area contributed by atoms with Gasteiger partial charge >= 0.3 is 0 Å². The first-order chi connectivity index (χ1) is 16.7. The third-order valence-corrected chi connectivity index (χ3v) is 8.45. The summed E-state index contributed by atoms with van der Waals surface area (Å²) in [6.07, 6.45) is 8.14. The molecule has 0 bridgehead atoms. The zero-order chi connectivity index (χ0) is 24.9. The first-order valence-corrected chi connectivity index (χ1v) is 13.4. The number of nitrogens with zero attached hydrogens (tertiary/aromatic N) is 1. The van der Waals surface area contributed by atoms with Crippen molar-refractivity contribution in [3.05, 3.63) is 95.8 Å². The maximum absolute atomic E-state index is 13.9. The van der Waals surface area contributed by atoms with Crippen molar-refractivity contribution in [1.29, 1.82) is 0 Å². The van der Waals surface area contributed by atoms with Gasteiger partial charge in [-0.15, -0.1) is 0 Å². The third kappa shape index (κ3) is 6.72. The molecule has 0 radical (unpaired) electrons. The molecule has 1 aliphatic rings. The Balaban J connectivity index is 1.38. The Morgan fingerprint density at radius 3 is 2.40 bits per heavy atom. The number of rotatable bonds is 9. The van der Waals surface area contributed by atoms with E-state index in [1.54, 1.807) is 6.20 Å². The molecule has 1 aromatic heterocycles. The van der Waals surface area contributed by atoms with Crippen LogP contribution in [0.25, 0.3) is 0 Å². The summed E-state index contributed by atoms with van der Waals surface area (Å²) in [4.78, 5) is 3.88. The van der Waals surface area contributed by atoms with E-state index in [9.17, 15) is 17.2 Å². The summed E-state index contributed by atoms with van der Waals surface area (Å²) in [6, 6.07) is 15.9. The van der Waals surface area contributed by atoms with Crippen LogP contribution in [0.5, 0.6) is 0 Å². The van der Waals surface area contributed by atoms with Crippen LogP contribution < -0.4 is 10.5 Å². The van der Waals surface area contributed by atoms with Crippen LogP contribution in [0.4, 0.5) is 8.78 Å². The number of hydrogen-bond donors (Lipinski definition) is 2. The average molecular weight is 500 g/mol. The molecule has 1 saturated carbocycles. The van der Waals surface area contributed by atoms with Gasteiger partial charge < -0.3 is 5.73 Å². The Morgan fingerprint density at radius 2 is 1.74 bits per heavy atom. The largest absolute Gasteiger partial charge is 0.325 e. The van der Waals surface area contributed by atoms with Gasteiger partial charge in [0.15, 0.2) is 0 Å². The normalized spacial score (nSPS) is 21.5. The van der Waals surface area contributed by atoms with Gasteiger partial charge in [-0.05, 0) is 91.8 Å². The van der Waals surface area contributed by atoms with E-state index in [0.29, 0.717) is 0 Å². The van der Waals surface area contributed by atoms with Gasteiger partial charge in [0.2, 0.25) is 10.0 Å². The molecule has 3 aromatic rings. The topological polar surface area (TPSA) is 85.1 Å². The van der Waals surface area contributed by atoms with E-state index in [1.807, 2.05) is 30.5 Å². The standard InChI is InChI=1S/C27H31F2N3O2S/c28-24-9-7-22(8-10-24)23(16-21-4-3-15-31-18-21)17-27(30)13-11-20(12-14-27)19-32-35(33,34)26-6-2-1-5-25(26)29/h1-10,15,18,20,23,32H,11-14,16-17,19,30H2. The first kappa shape index (κ1) is 25.4. The number of benzene rings is 2. The van der Waals surface area contributed by atoms with Crippen LogP contribution in [-0.4, -0.2) is 25.5 Å². The molecule has 1 fully saturated rings. The van der Waals surface area contributed by atoms with Gasteiger partial charge in [0.25, 0.3) is 0 Å². The fourth-order valence-electron chi connectivity index (χ4n) is 4.97. The minimum atomic E-state index is -3.91. The highest BCUT2D eigenvalue weighted by Gasteiger charge is 2.35. The number of hydrogen-bond acceptors (Lipinski definition) is 4. The number of halogens is 2. The van der Waals surface area contributed by atoms with Gasteiger partial charge in [-0.2, -0.15) is 0 Å². The molecule has 186 valence electrons. The van der Waals surface area contributed by atoms with Crippen LogP contribution in [0.3, 0.4) is 0 Å². The molecule has 5 nitrogen and oxygen atoms in total. The zero-order valence-corrected chi connectivity index (χ0v) is 20.4. The average Bonchev–Trinajstić information content (AvgIpc) is 2.85. The van der Waals surface area contributed by atoms with Crippen molar-refractivity contribution in [1.82, 2.24) is 9.71 Å². The molecular formula is C27H31F2N3O2S. The van der Waals surface area contributed by atoms with E-state index in [-0.39, 0.29) is 29.1 Å². The number of aromatic nitrogens is 1. The molecule has 8 heteroatoms. The first-order valence-electron chi connectivity index (χ1n) is 11.9. The maximum Gasteiger partial charge on any atom is 0.243 e. The fourth-order valence-corrected chi connectivity index (χ4v) is 6.16. The van der Waals surface area contributed by atoms with E-state index in [4.69, 9.17) is 5.73 Å². The van der Waals surface area contributed by atoms with Gasteiger partial charge in [-0.25, -0.2) is 21.9 Å². The molecule has 0 amide bonds. The molecular weight excluding hydrogens is 468 g/mol. The van der Waals surface area contributed by atoms with Crippen molar-refractivity contribution in [2.45, 2.75) is 54.9 Å². The molecule has 1 unspecified atom stereocenters. The predicted octanol–water partition coefficient (Wildman–Crippen LogP) is 4.94. The molecule has 4 rings (SSSR count). The van der Waals surface area contributed by atoms with E-state index in [2.05, 4.69) is 9.71 Å². The van der Waals surface area contributed by atoms with Crippen molar-refractivity contribution in [2.75, 3.05) is 6.54 Å². The Kier molecular flexibility index (Phi) is 7.94. The van der Waals surface area contributed by atoms with E-state index in [0.717, 1.165) is 55.7 Å². The number of sulfonamides is 1. The van der Waals surface area contributed by atoms with Gasteiger partial charge in [0, 0.05) is 24.5 Å². The SMILES string of the molecule is NC1(CC(Cc2cccnc2)c2ccc(F)cc2)CCC(CNS(=O)(=O)c2ccccc2F)CC1. The van der Waals surface area contributed by atoms with Gasteiger partial charge in [0.05, 0.1) is 0 Å². The molecule has 35 heavy (non-hydrogen) atoms. The molecule has 0 saturated heterocycles. The smallest absolute Gasteiger partial charge is 0.243 e. The molecule has 1 atom stereocenters. The zero-order valence-electron chi connectivity index (χ0n) is 19.5. The highest BCUT2D eigenvalue weighted by atomic mass is 32.2. The van der Waals surface area contributed by atoms with Gasteiger partial charge in [-0.3, -0.25) is 4.98 Å². The molecule has 3 N–H and O–H groups in total. The molecule has 2 aromatic carbocycles. The lowest BCUT2D eigenvalue weighted by Crippen LogP contribution is -2.46. The van der Waals surface area contributed by atoms with Crippen LogP contribution in [0, 0.1) is 17.6 Å². The van der Waals surface area contributed by atoms with Crippen molar-refractivity contribution in [2.24, 2.45) is 11.7 Å². The Bertz CT molecular complexity index is 1210. The second kappa shape index (κ2) is 10.9. The number of pyridine rings is 1. The highest BCUT2D eigenvalue weighted by molar-refractivity contribution is 7.89. The van der Waals surface area contributed by atoms with E-state index >= 15 is 0 Å². The lowest BCUT2D eigenvalue weighted by atomic mass is 9.71. The third-order valence-electron chi connectivity index (χ3n) is 6.99. The number of nitrogens with one attached hydrogen (secondary N) is 1. The molecule has 0 spiro atoms. The van der Waals surface area contributed by atoms with Crippen LogP contribution in [0.15, 0.2) is 78.0 Å². The monoisotopic (exact) mass is 499 g/mol. The van der Waals surface area contributed by atoms with Crippen molar-refractivity contribution in [3.8, 4) is 0 Å². The van der Waals surface area contributed by atoms with Crippen LogP contribution in [-0.2, 0) is 16.4 Å². The minimum Gasteiger partial charge on any atom is -0.325 e. The Hall–Kier alpha value is -2.68. The van der Waals surface area contributed by atoms with E-state index < -0.39 is 21.4 Å². The second-order valence-corrected chi connectivity index (χ2v) is 11.3. The fraction of sp³-hybridized carbons (Fsp3) is 0.370. The van der Waals surface area contributed by atoms with Crippen LogP contribution in [0.1, 0.15) is 49.1 Å². The minimum absolute atomic E-state index is 0.112. The summed E-state index contributed by atoms with van der Waals surface area (Å²) in [5.41, 5.74) is 8.60. The summed E-state index contributed by atoms with van der Waals surface area (Å²) in [6.45, 7) is 0.254. The lowest BCUT2D eigenvalue weighted by molar-refractivity contribution is 0.211. The summed E-state index contributed by atoms with van der Waals surface area (Å²) >= 11 is 0. The highest BCUT2D eigenvalue weighted by Crippen LogP contribution is 2.38.